The van der Waals surface area contributed by atoms with Crippen molar-refractivity contribution in [1.82, 2.24) is 35.1 Å². The molecule has 33 heavy (non-hydrogen) atoms. The number of aromatic nitrogens is 7. The minimum Gasteiger partial charge on any atom is -0.506 e. The Morgan fingerprint density at radius 1 is 0.848 bits per heavy atom. The standard InChI is InChI=1S/C24H16FN7O/c1-12-4-13(6-15(25)5-12)17-10-27-11-20-21(17)30-24(29-20)23-22-19(31-32-23)3-2-18(28-22)14-7-16(33)9-26-8-14/h2-11,33H,1H3,(H,29,30)(H,31,32). The van der Waals surface area contributed by atoms with Crippen LogP contribution >= 0.6 is 0 Å². The molecule has 1 aromatic carbocycles. The number of pyridine rings is 3. The fourth-order valence-electron chi connectivity index (χ4n) is 3.94. The van der Waals surface area contributed by atoms with Gasteiger partial charge in [0.05, 0.1) is 34.6 Å². The van der Waals surface area contributed by atoms with Crippen LogP contribution in [0.2, 0.25) is 0 Å². The lowest BCUT2D eigenvalue weighted by atomic mass is 10.0. The predicted octanol–water partition coefficient (Wildman–Crippen LogP) is 4.78. The highest BCUT2D eigenvalue weighted by Gasteiger charge is 2.17. The molecule has 0 aliphatic carbocycles. The average molecular weight is 437 g/mol. The van der Waals surface area contributed by atoms with Gasteiger partial charge in [-0.25, -0.2) is 14.4 Å². The monoisotopic (exact) mass is 437 g/mol. The van der Waals surface area contributed by atoms with Crippen LogP contribution in [0.4, 0.5) is 4.39 Å². The van der Waals surface area contributed by atoms with Gasteiger partial charge in [0.25, 0.3) is 0 Å². The van der Waals surface area contributed by atoms with Crippen molar-refractivity contribution >= 4 is 22.1 Å². The fraction of sp³-hybridized carbons (Fsp3) is 0.0417. The smallest absolute Gasteiger partial charge is 0.161 e. The Morgan fingerprint density at radius 2 is 1.73 bits per heavy atom. The molecule has 0 saturated carbocycles. The van der Waals surface area contributed by atoms with Gasteiger partial charge in [0.15, 0.2) is 11.5 Å². The molecule has 6 rings (SSSR count). The van der Waals surface area contributed by atoms with Crippen LogP contribution in [0.1, 0.15) is 5.56 Å². The number of halogens is 1. The predicted molar refractivity (Wildman–Crippen MR) is 122 cm³/mol. The number of hydrogen-bond acceptors (Lipinski definition) is 6. The molecule has 0 spiro atoms. The SMILES string of the molecule is Cc1cc(F)cc(-c2cncc3[nH]c(-c4n[nH]c5ccc(-c6cncc(O)c6)nc45)nc23)c1. The van der Waals surface area contributed by atoms with Gasteiger partial charge in [-0.1, -0.05) is 6.07 Å². The highest BCUT2D eigenvalue weighted by atomic mass is 19.1. The van der Waals surface area contributed by atoms with Gasteiger partial charge in [0.2, 0.25) is 0 Å². The minimum absolute atomic E-state index is 0.0618. The van der Waals surface area contributed by atoms with Crippen LogP contribution in [-0.4, -0.2) is 40.2 Å². The number of nitrogens with zero attached hydrogens (tertiary/aromatic N) is 5. The molecule has 0 bridgehead atoms. The molecule has 0 unspecified atom stereocenters. The molecule has 5 aromatic heterocycles. The van der Waals surface area contributed by atoms with Crippen LogP contribution in [0, 0.1) is 12.7 Å². The molecule has 0 amide bonds. The van der Waals surface area contributed by atoms with E-state index >= 15 is 0 Å². The molecule has 0 radical (unpaired) electrons. The first kappa shape index (κ1) is 19.1. The highest BCUT2D eigenvalue weighted by Crippen LogP contribution is 2.32. The van der Waals surface area contributed by atoms with Crippen molar-refractivity contribution in [3.05, 3.63) is 72.6 Å². The first-order valence-electron chi connectivity index (χ1n) is 10.2. The summed E-state index contributed by atoms with van der Waals surface area (Å²) >= 11 is 0. The van der Waals surface area contributed by atoms with Crippen LogP contribution in [0.25, 0.3) is 56.0 Å². The third-order valence-electron chi connectivity index (χ3n) is 5.40. The van der Waals surface area contributed by atoms with Crippen LogP contribution < -0.4 is 0 Å². The van der Waals surface area contributed by atoms with E-state index < -0.39 is 0 Å². The summed E-state index contributed by atoms with van der Waals surface area (Å²) < 4.78 is 14.0. The maximum atomic E-state index is 14.0. The molecular weight excluding hydrogens is 421 g/mol. The Morgan fingerprint density at radius 3 is 2.58 bits per heavy atom. The number of benzene rings is 1. The summed E-state index contributed by atoms with van der Waals surface area (Å²) in [5.41, 5.74) is 6.82. The quantitative estimate of drug-likeness (QED) is 0.367. The van der Waals surface area contributed by atoms with E-state index in [2.05, 4.69) is 25.1 Å². The van der Waals surface area contributed by atoms with E-state index in [0.29, 0.717) is 44.9 Å². The second-order valence-corrected chi connectivity index (χ2v) is 7.78. The van der Waals surface area contributed by atoms with Gasteiger partial charge in [0, 0.05) is 23.5 Å². The van der Waals surface area contributed by atoms with E-state index in [-0.39, 0.29) is 11.6 Å². The number of nitrogens with one attached hydrogen (secondary N) is 2. The lowest BCUT2D eigenvalue weighted by Crippen LogP contribution is -1.88. The Bertz CT molecular complexity index is 1650. The summed E-state index contributed by atoms with van der Waals surface area (Å²) in [6.07, 6.45) is 6.35. The number of H-pyrrole nitrogens is 2. The Balaban J connectivity index is 1.51. The number of aryl methyl sites for hydroxylation is 1. The molecular formula is C24H16FN7O. The van der Waals surface area contributed by atoms with Gasteiger partial charge in [-0.3, -0.25) is 15.1 Å². The van der Waals surface area contributed by atoms with Crippen molar-refractivity contribution in [2.75, 3.05) is 0 Å². The van der Waals surface area contributed by atoms with Gasteiger partial charge >= 0.3 is 0 Å². The number of rotatable bonds is 3. The number of aromatic amines is 2. The van der Waals surface area contributed by atoms with E-state index in [4.69, 9.17) is 9.97 Å². The lowest BCUT2D eigenvalue weighted by molar-refractivity contribution is 0.473. The van der Waals surface area contributed by atoms with Crippen LogP contribution in [0.15, 0.2) is 61.2 Å². The molecule has 160 valence electrons. The molecule has 0 fully saturated rings. The Hall–Kier alpha value is -4.66. The number of hydrogen-bond donors (Lipinski definition) is 3. The summed E-state index contributed by atoms with van der Waals surface area (Å²) in [5, 5.41) is 17.2. The zero-order valence-corrected chi connectivity index (χ0v) is 17.3. The molecule has 0 aliphatic heterocycles. The molecule has 0 atom stereocenters. The zero-order chi connectivity index (χ0) is 22.5. The van der Waals surface area contributed by atoms with Crippen molar-refractivity contribution in [3.63, 3.8) is 0 Å². The van der Waals surface area contributed by atoms with Gasteiger partial charge in [-0.15, -0.1) is 0 Å². The highest BCUT2D eigenvalue weighted by molar-refractivity contribution is 5.95. The summed E-state index contributed by atoms with van der Waals surface area (Å²) in [4.78, 5) is 21.1. The minimum atomic E-state index is -0.311. The van der Waals surface area contributed by atoms with E-state index in [9.17, 15) is 9.50 Å². The van der Waals surface area contributed by atoms with Crippen molar-refractivity contribution in [1.29, 1.82) is 0 Å². The summed E-state index contributed by atoms with van der Waals surface area (Å²) in [6, 6.07) is 10.1. The first-order valence-corrected chi connectivity index (χ1v) is 10.2. The van der Waals surface area contributed by atoms with Gasteiger partial charge in [-0.2, -0.15) is 5.10 Å². The van der Waals surface area contributed by atoms with Crippen molar-refractivity contribution in [3.8, 4) is 39.7 Å². The molecule has 0 aliphatic rings. The van der Waals surface area contributed by atoms with Gasteiger partial charge in [0.1, 0.15) is 17.1 Å². The molecule has 6 aromatic rings. The third kappa shape index (κ3) is 3.26. The normalized spacial score (nSPS) is 11.5. The molecule has 3 N–H and O–H groups in total. The zero-order valence-electron chi connectivity index (χ0n) is 17.3. The van der Waals surface area contributed by atoms with E-state index in [0.717, 1.165) is 16.6 Å². The topological polar surface area (TPSA) is 116 Å². The largest absolute Gasteiger partial charge is 0.506 e. The number of aromatic hydroxyl groups is 1. The van der Waals surface area contributed by atoms with Crippen LogP contribution in [-0.2, 0) is 0 Å². The molecule has 5 heterocycles. The molecule has 0 saturated heterocycles. The van der Waals surface area contributed by atoms with Crippen molar-refractivity contribution < 1.29 is 9.50 Å². The van der Waals surface area contributed by atoms with Crippen LogP contribution in [0.3, 0.4) is 0 Å². The van der Waals surface area contributed by atoms with Crippen molar-refractivity contribution in [2.24, 2.45) is 0 Å². The third-order valence-corrected chi connectivity index (χ3v) is 5.40. The maximum absolute atomic E-state index is 14.0. The number of fused-ring (bicyclic) bond motifs is 2. The van der Waals surface area contributed by atoms with Crippen LogP contribution in [0.5, 0.6) is 5.75 Å². The molecule has 9 heteroatoms. The first-order chi connectivity index (χ1) is 16.0. The van der Waals surface area contributed by atoms with Gasteiger partial charge < -0.3 is 10.1 Å². The maximum Gasteiger partial charge on any atom is 0.161 e. The summed E-state index contributed by atoms with van der Waals surface area (Å²) in [6.45, 7) is 1.84. The van der Waals surface area contributed by atoms with Crippen molar-refractivity contribution in [2.45, 2.75) is 6.92 Å². The Kier molecular flexibility index (Phi) is 4.16. The summed E-state index contributed by atoms with van der Waals surface area (Å²) in [7, 11) is 0. The Labute approximate surface area is 186 Å². The lowest BCUT2D eigenvalue weighted by Gasteiger charge is -2.04. The van der Waals surface area contributed by atoms with E-state index in [1.807, 2.05) is 25.1 Å². The van der Waals surface area contributed by atoms with E-state index in [1.165, 1.54) is 18.3 Å². The van der Waals surface area contributed by atoms with E-state index in [1.54, 1.807) is 24.7 Å². The molecule has 8 nitrogen and oxygen atoms in total. The summed E-state index contributed by atoms with van der Waals surface area (Å²) in [5.74, 6) is 0.262. The number of imidazole rings is 1. The average Bonchev–Trinajstić information content (AvgIpc) is 3.41. The van der Waals surface area contributed by atoms with Gasteiger partial charge in [-0.05, 0) is 48.4 Å². The second kappa shape index (κ2) is 7.20. The second-order valence-electron chi connectivity index (χ2n) is 7.78. The fourth-order valence-corrected chi connectivity index (χ4v) is 3.94.